The molecule has 0 radical (unpaired) electrons. The van der Waals surface area contributed by atoms with Crippen LogP contribution in [0.3, 0.4) is 0 Å². The molecule has 6 nitrogen and oxygen atoms in total. The Morgan fingerprint density at radius 2 is 1.64 bits per heavy atom. The smallest absolute Gasteiger partial charge is 0.274 e. The molecular formula is C26H27N3O3S. The van der Waals surface area contributed by atoms with Crippen molar-refractivity contribution in [3.8, 4) is 5.75 Å². The Morgan fingerprint density at radius 1 is 1.00 bits per heavy atom. The van der Waals surface area contributed by atoms with Crippen molar-refractivity contribution in [2.75, 3.05) is 23.6 Å². The molecule has 2 aliphatic rings. The van der Waals surface area contributed by atoms with Gasteiger partial charge in [0.05, 0.1) is 12.6 Å². The van der Waals surface area contributed by atoms with Gasteiger partial charge in [0.25, 0.3) is 5.91 Å². The summed E-state index contributed by atoms with van der Waals surface area (Å²) in [6.45, 7) is 0.551. The fraction of sp³-hybridized carbons (Fsp3) is 0.308. The van der Waals surface area contributed by atoms with E-state index in [0.29, 0.717) is 6.54 Å². The summed E-state index contributed by atoms with van der Waals surface area (Å²) in [5.41, 5.74) is 4.35. The molecule has 7 heteroatoms. The van der Waals surface area contributed by atoms with Crippen LogP contribution < -0.4 is 15.8 Å². The van der Waals surface area contributed by atoms with Crippen LogP contribution in [0, 0.1) is 0 Å². The van der Waals surface area contributed by atoms with Crippen molar-refractivity contribution in [1.82, 2.24) is 9.99 Å². The third-order valence-corrected chi connectivity index (χ3v) is 7.26. The molecule has 0 fully saturated rings. The molecule has 2 heterocycles. The van der Waals surface area contributed by atoms with Gasteiger partial charge in [0.15, 0.2) is 11.4 Å². The van der Waals surface area contributed by atoms with Crippen LogP contribution in [0.4, 0.5) is 0 Å². The minimum atomic E-state index is -0.555. The number of benzene rings is 2. The summed E-state index contributed by atoms with van der Waals surface area (Å²) in [5, 5.41) is 15.8. The zero-order valence-electron chi connectivity index (χ0n) is 18.5. The van der Waals surface area contributed by atoms with Crippen molar-refractivity contribution in [3.63, 3.8) is 0 Å². The second-order valence-electron chi connectivity index (χ2n) is 8.60. The third kappa shape index (κ3) is 3.91. The molecule has 0 saturated heterocycles. The zero-order valence-corrected chi connectivity index (χ0v) is 19.3. The number of fused-ring (bicyclic) bond motifs is 3. The van der Waals surface area contributed by atoms with Gasteiger partial charge in [-0.05, 0) is 53.5 Å². The zero-order chi connectivity index (χ0) is 22.9. The van der Waals surface area contributed by atoms with E-state index in [0.717, 1.165) is 25.0 Å². The molecule has 1 aliphatic carbocycles. The average Bonchev–Trinajstić information content (AvgIpc) is 3.08. The maximum absolute atomic E-state index is 13.2. The van der Waals surface area contributed by atoms with Crippen LogP contribution in [0.1, 0.15) is 45.2 Å². The molecular weight excluding hydrogens is 434 g/mol. The van der Waals surface area contributed by atoms with Crippen molar-refractivity contribution < 1.29 is 9.90 Å². The van der Waals surface area contributed by atoms with Gasteiger partial charge in [-0.15, -0.1) is 0 Å². The van der Waals surface area contributed by atoms with E-state index < -0.39 is 17.1 Å². The Bertz CT molecular complexity index is 1210. The summed E-state index contributed by atoms with van der Waals surface area (Å²) in [7, 11) is 0. The number of carbonyl (C=O) groups excluding carboxylic acids is 1. The van der Waals surface area contributed by atoms with Crippen molar-refractivity contribution in [2.45, 2.75) is 31.3 Å². The maximum atomic E-state index is 13.2. The molecule has 0 bridgehead atoms. The van der Waals surface area contributed by atoms with Crippen LogP contribution in [-0.2, 0) is 12.8 Å². The Morgan fingerprint density at radius 3 is 2.27 bits per heavy atom. The first-order valence-corrected chi connectivity index (χ1v) is 12.6. The van der Waals surface area contributed by atoms with Crippen LogP contribution in [0.5, 0.6) is 5.75 Å². The molecule has 1 aromatic heterocycles. The van der Waals surface area contributed by atoms with Crippen LogP contribution in [0.15, 0.2) is 65.6 Å². The fourth-order valence-corrected chi connectivity index (χ4v) is 5.54. The van der Waals surface area contributed by atoms with Crippen LogP contribution >= 0.6 is 11.8 Å². The molecule has 170 valence electrons. The molecule has 0 unspecified atom stereocenters. The Hall–Kier alpha value is -3.19. The number of rotatable bonds is 4. The molecule has 3 aromatic rings. The lowest BCUT2D eigenvalue weighted by Crippen LogP contribution is -2.46. The first-order valence-electron chi connectivity index (χ1n) is 11.3. The topological polar surface area (TPSA) is 74.6 Å². The highest BCUT2D eigenvalue weighted by molar-refractivity contribution is 7.98. The van der Waals surface area contributed by atoms with E-state index >= 15 is 0 Å². The van der Waals surface area contributed by atoms with Crippen LogP contribution in [0.2, 0.25) is 0 Å². The van der Waals surface area contributed by atoms with E-state index in [2.05, 4.69) is 58.9 Å². The maximum Gasteiger partial charge on any atom is 0.274 e. The molecule has 0 saturated carbocycles. The Balaban J connectivity index is 1.75. The van der Waals surface area contributed by atoms with Gasteiger partial charge in [0.2, 0.25) is 5.43 Å². The van der Waals surface area contributed by atoms with Crippen LogP contribution in [-0.4, -0.2) is 40.3 Å². The molecule has 2 aromatic carbocycles. The number of nitrogens with zero attached hydrogens (tertiary/aromatic N) is 2. The molecule has 5 rings (SSSR count). The van der Waals surface area contributed by atoms with Crippen molar-refractivity contribution in [3.05, 3.63) is 99.0 Å². The summed E-state index contributed by atoms with van der Waals surface area (Å²) in [6.07, 6.45) is 6.33. The monoisotopic (exact) mass is 461 g/mol. The molecule has 33 heavy (non-hydrogen) atoms. The van der Waals surface area contributed by atoms with E-state index in [1.807, 2.05) is 6.26 Å². The number of hydrogen-bond acceptors (Lipinski definition) is 5. The lowest BCUT2D eigenvalue weighted by atomic mass is 9.93. The van der Waals surface area contributed by atoms with Gasteiger partial charge in [-0.25, -0.2) is 0 Å². The van der Waals surface area contributed by atoms with E-state index in [-0.39, 0.29) is 17.8 Å². The third-order valence-electron chi connectivity index (χ3n) is 6.62. The second-order valence-corrected chi connectivity index (χ2v) is 9.58. The highest BCUT2D eigenvalue weighted by Gasteiger charge is 2.36. The number of aromatic nitrogens is 1. The lowest BCUT2D eigenvalue weighted by Gasteiger charge is -2.37. The number of aromatic hydroxyl groups is 1. The van der Waals surface area contributed by atoms with Gasteiger partial charge in [-0.3, -0.25) is 19.3 Å². The predicted molar refractivity (Wildman–Crippen MR) is 132 cm³/mol. The van der Waals surface area contributed by atoms with Gasteiger partial charge < -0.3 is 10.4 Å². The molecule has 1 aliphatic heterocycles. The van der Waals surface area contributed by atoms with Crippen molar-refractivity contribution in [2.24, 2.45) is 0 Å². The first-order chi connectivity index (χ1) is 16.1. The van der Waals surface area contributed by atoms with E-state index in [1.54, 1.807) is 22.6 Å². The van der Waals surface area contributed by atoms with E-state index in [4.69, 9.17) is 0 Å². The number of nitrogens with one attached hydrogen (secondary N) is 1. The highest BCUT2D eigenvalue weighted by atomic mass is 32.2. The largest absolute Gasteiger partial charge is 0.502 e. The summed E-state index contributed by atoms with van der Waals surface area (Å²) < 4.78 is 1.69. The minimum Gasteiger partial charge on any atom is -0.502 e. The number of carbonyl (C=O) groups is 1. The van der Waals surface area contributed by atoms with Gasteiger partial charge in [-0.2, -0.15) is 11.8 Å². The summed E-state index contributed by atoms with van der Waals surface area (Å²) in [5.74, 6) is -0.0362. The number of thioether (sulfide) groups is 1. The van der Waals surface area contributed by atoms with E-state index in [9.17, 15) is 14.7 Å². The summed E-state index contributed by atoms with van der Waals surface area (Å²) >= 11 is 1.73. The Kier molecular flexibility index (Phi) is 5.89. The predicted octanol–water partition coefficient (Wildman–Crippen LogP) is 3.25. The lowest BCUT2D eigenvalue weighted by molar-refractivity contribution is 0.0933. The normalized spacial score (nSPS) is 17.9. The minimum absolute atomic E-state index is 0.00615. The van der Waals surface area contributed by atoms with Gasteiger partial charge >= 0.3 is 0 Å². The quantitative estimate of drug-likeness (QED) is 0.624. The fourth-order valence-electron chi connectivity index (χ4n) is 5.02. The number of aryl methyl sites for hydroxylation is 2. The van der Waals surface area contributed by atoms with Gasteiger partial charge in [0.1, 0.15) is 0 Å². The number of amides is 1. The van der Waals surface area contributed by atoms with Crippen molar-refractivity contribution in [1.29, 1.82) is 0 Å². The summed E-state index contributed by atoms with van der Waals surface area (Å²) in [6, 6.07) is 17.9. The molecule has 1 atom stereocenters. The highest BCUT2D eigenvalue weighted by Crippen LogP contribution is 2.37. The van der Waals surface area contributed by atoms with Gasteiger partial charge in [0, 0.05) is 18.3 Å². The number of pyridine rings is 1. The second kappa shape index (κ2) is 8.98. The molecule has 1 amide bonds. The summed E-state index contributed by atoms with van der Waals surface area (Å²) in [4.78, 5) is 25.4. The first kappa shape index (κ1) is 21.6. The molecule has 2 N–H and O–H groups in total. The van der Waals surface area contributed by atoms with Gasteiger partial charge in [-0.1, -0.05) is 48.5 Å². The standard InChI is InChI=1S/C26H27N3O3S/c1-33-15-13-19-16-29(28-14-12-22(30)25(31)24(28)26(32)27-19)23-20-8-4-2-6-17(20)10-11-18-7-3-5-9-21(18)23/h2-9,12,14,19,23,31H,10-11,13,15-16H2,1H3,(H,27,32)/t19-/m1/s1. The van der Waals surface area contributed by atoms with E-state index in [1.165, 1.54) is 28.3 Å². The average molecular weight is 462 g/mol. The Labute approximate surface area is 197 Å². The van der Waals surface area contributed by atoms with Crippen molar-refractivity contribution >= 4 is 17.7 Å². The van der Waals surface area contributed by atoms with Crippen LogP contribution in [0.25, 0.3) is 0 Å². The SMILES string of the molecule is CSCC[C@@H]1CN(C2c3ccccc3CCc3ccccc32)n2ccc(=O)c(O)c2C(=O)N1. The molecule has 0 spiro atoms. The number of hydrogen-bond donors (Lipinski definition) is 2.